The van der Waals surface area contributed by atoms with Crippen LogP contribution in [0.2, 0.25) is 0 Å². The predicted molar refractivity (Wildman–Crippen MR) is 97.9 cm³/mol. The minimum absolute atomic E-state index is 0.189. The van der Waals surface area contributed by atoms with Crippen LogP contribution in [0.5, 0.6) is 11.5 Å². The van der Waals surface area contributed by atoms with Gasteiger partial charge in [0.25, 0.3) is 0 Å². The SMILES string of the molecule is COc1cc(C(C)(O)CCc2cc(F)cc(F)c2)cc(OC)c1C(C)C. The van der Waals surface area contributed by atoms with Gasteiger partial charge in [0.15, 0.2) is 0 Å². The Labute approximate surface area is 153 Å². The van der Waals surface area contributed by atoms with Crippen molar-refractivity contribution in [2.45, 2.75) is 45.1 Å². The summed E-state index contributed by atoms with van der Waals surface area (Å²) in [6.07, 6.45) is 0.626. The first kappa shape index (κ1) is 20.2. The zero-order valence-electron chi connectivity index (χ0n) is 15.9. The molecule has 0 radical (unpaired) electrons. The van der Waals surface area contributed by atoms with Crippen molar-refractivity contribution in [2.24, 2.45) is 0 Å². The second kappa shape index (κ2) is 8.04. The molecular weight excluding hydrogens is 338 g/mol. The van der Waals surface area contributed by atoms with Gasteiger partial charge in [0.1, 0.15) is 23.1 Å². The minimum atomic E-state index is -1.21. The molecule has 0 heterocycles. The number of hydrogen-bond donors (Lipinski definition) is 1. The summed E-state index contributed by atoms with van der Waals surface area (Å²) in [7, 11) is 3.16. The van der Waals surface area contributed by atoms with E-state index in [0.29, 0.717) is 35.5 Å². The van der Waals surface area contributed by atoms with Crippen molar-refractivity contribution in [1.82, 2.24) is 0 Å². The molecule has 5 heteroatoms. The quantitative estimate of drug-likeness (QED) is 0.756. The fourth-order valence-electron chi connectivity index (χ4n) is 3.11. The van der Waals surface area contributed by atoms with E-state index in [9.17, 15) is 13.9 Å². The Bertz CT molecular complexity index is 725. The van der Waals surface area contributed by atoms with Crippen molar-refractivity contribution in [2.75, 3.05) is 14.2 Å². The maximum Gasteiger partial charge on any atom is 0.126 e. The zero-order valence-corrected chi connectivity index (χ0v) is 15.9. The fraction of sp³-hybridized carbons (Fsp3) is 0.429. The predicted octanol–water partition coefficient (Wildman–Crippen LogP) is 4.95. The summed E-state index contributed by atoms with van der Waals surface area (Å²) in [6, 6.07) is 6.99. The van der Waals surface area contributed by atoms with Gasteiger partial charge in [-0.05, 0) is 61.1 Å². The molecule has 3 nitrogen and oxygen atoms in total. The van der Waals surface area contributed by atoms with Crippen molar-refractivity contribution < 1.29 is 23.4 Å². The first-order valence-corrected chi connectivity index (χ1v) is 8.61. The smallest absolute Gasteiger partial charge is 0.126 e. The number of aryl methyl sites for hydroxylation is 1. The van der Waals surface area contributed by atoms with E-state index in [1.54, 1.807) is 33.3 Å². The monoisotopic (exact) mass is 364 g/mol. The summed E-state index contributed by atoms with van der Waals surface area (Å²) in [5.74, 6) is 0.237. The number of methoxy groups -OCH3 is 2. The highest BCUT2D eigenvalue weighted by molar-refractivity contribution is 5.51. The van der Waals surface area contributed by atoms with Gasteiger partial charge in [-0.15, -0.1) is 0 Å². The molecule has 0 aromatic heterocycles. The molecular formula is C21H26F2O3. The lowest BCUT2D eigenvalue weighted by Crippen LogP contribution is -2.22. The number of aliphatic hydroxyl groups is 1. The minimum Gasteiger partial charge on any atom is -0.496 e. The van der Waals surface area contributed by atoms with E-state index in [0.717, 1.165) is 11.6 Å². The first-order chi connectivity index (χ1) is 12.2. The maximum atomic E-state index is 13.4. The second-order valence-electron chi connectivity index (χ2n) is 7.00. The third kappa shape index (κ3) is 4.52. The Morgan fingerprint density at radius 2 is 1.46 bits per heavy atom. The molecule has 0 aliphatic heterocycles. The van der Waals surface area contributed by atoms with Crippen LogP contribution in [0.1, 0.15) is 49.8 Å². The van der Waals surface area contributed by atoms with Crippen molar-refractivity contribution >= 4 is 0 Å². The van der Waals surface area contributed by atoms with Crippen LogP contribution in [0.25, 0.3) is 0 Å². The molecule has 0 aliphatic carbocycles. The third-order valence-electron chi connectivity index (χ3n) is 4.57. The number of ether oxygens (including phenoxy) is 2. The highest BCUT2D eigenvalue weighted by Gasteiger charge is 2.27. The van der Waals surface area contributed by atoms with Gasteiger partial charge in [-0.25, -0.2) is 8.78 Å². The van der Waals surface area contributed by atoms with E-state index in [1.165, 1.54) is 12.1 Å². The molecule has 2 rings (SSSR count). The van der Waals surface area contributed by atoms with E-state index in [2.05, 4.69) is 0 Å². The third-order valence-corrected chi connectivity index (χ3v) is 4.57. The molecule has 2 aromatic rings. The zero-order chi connectivity index (χ0) is 19.5. The molecule has 142 valence electrons. The summed E-state index contributed by atoms with van der Waals surface area (Å²) in [4.78, 5) is 0. The highest BCUT2D eigenvalue weighted by Crippen LogP contribution is 2.40. The molecule has 0 fully saturated rings. The van der Waals surface area contributed by atoms with E-state index >= 15 is 0 Å². The molecule has 2 aromatic carbocycles. The largest absolute Gasteiger partial charge is 0.496 e. The van der Waals surface area contributed by atoms with Crippen LogP contribution in [-0.2, 0) is 12.0 Å². The van der Waals surface area contributed by atoms with Gasteiger partial charge in [0.2, 0.25) is 0 Å². The highest BCUT2D eigenvalue weighted by atomic mass is 19.1. The summed E-state index contributed by atoms with van der Waals surface area (Å²) in [5, 5.41) is 11.0. The van der Waals surface area contributed by atoms with Crippen LogP contribution < -0.4 is 9.47 Å². The van der Waals surface area contributed by atoms with Crippen LogP contribution in [-0.4, -0.2) is 19.3 Å². The molecule has 0 aliphatic rings. The maximum absolute atomic E-state index is 13.4. The van der Waals surface area contributed by atoms with Crippen LogP contribution >= 0.6 is 0 Å². The molecule has 0 spiro atoms. The van der Waals surface area contributed by atoms with Gasteiger partial charge in [-0.3, -0.25) is 0 Å². The first-order valence-electron chi connectivity index (χ1n) is 8.61. The van der Waals surface area contributed by atoms with Gasteiger partial charge in [0, 0.05) is 11.6 Å². The van der Waals surface area contributed by atoms with Crippen molar-refractivity contribution in [3.63, 3.8) is 0 Å². The number of benzene rings is 2. The Morgan fingerprint density at radius 3 is 1.88 bits per heavy atom. The van der Waals surface area contributed by atoms with E-state index < -0.39 is 17.2 Å². The molecule has 0 saturated heterocycles. The molecule has 1 unspecified atom stereocenters. The van der Waals surface area contributed by atoms with E-state index in [-0.39, 0.29) is 5.92 Å². The average Bonchev–Trinajstić information content (AvgIpc) is 2.57. The summed E-state index contributed by atoms with van der Waals surface area (Å²) >= 11 is 0. The van der Waals surface area contributed by atoms with Gasteiger partial charge in [-0.2, -0.15) is 0 Å². The molecule has 26 heavy (non-hydrogen) atoms. The molecule has 0 amide bonds. The van der Waals surface area contributed by atoms with Crippen LogP contribution in [0, 0.1) is 11.6 Å². The van der Waals surface area contributed by atoms with E-state index in [1.807, 2.05) is 13.8 Å². The van der Waals surface area contributed by atoms with Crippen LogP contribution in [0.4, 0.5) is 8.78 Å². The Balaban J connectivity index is 2.32. The van der Waals surface area contributed by atoms with Gasteiger partial charge >= 0.3 is 0 Å². The number of rotatable bonds is 7. The standard InChI is InChI=1S/C21H26F2O3/c1-13(2)20-18(25-4)10-15(11-19(20)26-5)21(3,24)7-6-14-8-16(22)12-17(23)9-14/h8-13,24H,6-7H2,1-5H3. The normalized spacial score (nSPS) is 13.6. The Kier molecular flexibility index (Phi) is 6.24. The second-order valence-corrected chi connectivity index (χ2v) is 7.00. The average molecular weight is 364 g/mol. The summed E-state index contributed by atoms with van der Waals surface area (Å²) in [5.41, 5.74) is 0.855. The lowest BCUT2D eigenvalue weighted by atomic mass is 9.87. The Morgan fingerprint density at radius 1 is 0.962 bits per heavy atom. The van der Waals surface area contributed by atoms with Gasteiger partial charge < -0.3 is 14.6 Å². The van der Waals surface area contributed by atoms with Crippen molar-refractivity contribution in [3.05, 3.63) is 58.7 Å². The van der Waals surface area contributed by atoms with Crippen LogP contribution in [0.3, 0.4) is 0 Å². The van der Waals surface area contributed by atoms with Crippen molar-refractivity contribution in [1.29, 1.82) is 0 Å². The molecule has 0 bridgehead atoms. The van der Waals surface area contributed by atoms with Gasteiger partial charge in [-0.1, -0.05) is 13.8 Å². The van der Waals surface area contributed by atoms with Crippen molar-refractivity contribution in [3.8, 4) is 11.5 Å². The Hall–Kier alpha value is -2.14. The molecule has 0 saturated carbocycles. The van der Waals surface area contributed by atoms with Gasteiger partial charge in [0.05, 0.1) is 19.8 Å². The lowest BCUT2D eigenvalue weighted by molar-refractivity contribution is 0.0475. The number of halogens is 2. The van der Waals surface area contributed by atoms with E-state index in [4.69, 9.17) is 9.47 Å². The number of hydrogen-bond acceptors (Lipinski definition) is 3. The molecule has 1 atom stereocenters. The molecule has 1 N–H and O–H groups in total. The lowest BCUT2D eigenvalue weighted by Gasteiger charge is -2.27. The topological polar surface area (TPSA) is 38.7 Å². The summed E-state index contributed by atoms with van der Waals surface area (Å²) in [6.45, 7) is 5.75. The fourth-order valence-corrected chi connectivity index (χ4v) is 3.11. The van der Waals surface area contributed by atoms with Crippen LogP contribution in [0.15, 0.2) is 30.3 Å². The summed E-state index contributed by atoms with van der Waals surface area (Å²) < 4.78 is 37.7.